The third-order valence-corrected chi connectivity index (χ3v) is 6.68. The summed E-state index contributed by atoms with van der Waals surface area (Å²) < 4.78 is 45.0. The summed E-state index contributed by atoms with van der Waals surface area (Å²) in [6.07, 6.45) is 2.15. The maximum absolute atomic E-state index is 12.7. The van der Waals surface area contributed by atoms with E-state index in [4.69, 9.17) is 16.3 Å². The minimum absolute atomic E-state index is 0.0322. The Hall–Kier alpha value is -1.29. The predicted molar refractivity (Wildman–Crippen MR) is 79.1 cm³/mol. The van der Waals surface area contributed by atoms with Crippen molar-refractivity contribution in [1.82, 2.24) is 14.3 Å². The van der Waals surface area contributed by atoms with Gasteiger partial charge < -0.3 is 4.74 Å². The molecule has 0 radical (unpaired) electrons. The molecule has 118 valence electrons. The highest BCUT2D eigenvalue weighted by molar-refractivity contribution is 7.91. The molecule has 0 amide bonds. The SMILES string of the molecule is O=S(=O)(c1ccc(Cl)s1)N1CC[C@@H](Oc2ncc(F)cn2)C1. The van der Waals surface area contributed by atoms with Gasteiger partial charge in [0, 0.05) is 6.54 Å². The van der Waals surface area contributed by atoms with Crippen molar-refractivity contribution in [3.8, 4) is 6.01 Å². The van der Waals surface area contributed by atoms with E-state index < -0.39 is 15.8 Å². The molecule has 3 heterocycles. The summed E-state index contributed by atoms with van der Waals surface area (Å²) in [5, 5.41) is 0. The Morgan fingerprint density at radius 2 is 2.09 bits per heavy atom. The number of aromatic nitrogens is 2. The second-order valence-corrected chi connectivity index (χ2v) is 8.51. The molecule has 0 spiro atoms. The molecule has 2 aromatic rings. The monoisotopic (exact) mass is 363 g/mol. The molecule has 1 aliphatic rings. The van der Waals surface area contributed by atoms with Gasteiger partial charge in [-0.05, 0) is 18.6 Å². The molecular formula is C12H11ClFN3O3S2. The van der Waals surface area contributed by atoms with E-state index >= 15 is 0 Å². The number of halogens is 2. The van der Waals surface area contributed by atoms with E-state index in [1.165, 1.54) is 10.4 Å². The summed E-state index contributed by atoms with van der Waals surface area (Å²) in [4.78, 5) is 7.40. The van der Waals surface area contributed by atoms with Crippen molar-refractivity contribution in [3.05, 3.63) is 34.7 Å². The van der Waals surface area contributed by atoms with Gasteiger partial charge in [0.05, 0.1) is 23.3 Å². The van der Waals surface area contributed by atoms with Gasteiger partial charge in [-0.25, -0.2) is 22.8 Å². The van der Waals surface area contributed by atoms with Crippen LogP contribution in [0.1, 0.15) is 6.42 Å². The van der Waals surface area contributed by atoms with Crippen molar-refractivity contribution in [1.29, 1.82) is 0 Å². The van der Waals surface area contributed by atoms with Gasteiger partial charge >= 0.3 is 6.01 Å². The standard InChI is InChI=1S/C12H11ClFN3O3S2/c13-10-1-2-11(21-10)22(18,19)17-4-3-9(7-17)20-12-15-5-8(14)6-16-12/h1-2,5-6,9H,3-4,7H2/t9-/m1/s1. The molecule has 0 bridgehead atoms. The molecule has 2 aromatic heterocycles. The van der Waals surface area contributed by atoms with E-state index in [0.29, 0.717) is 17.3 Å². The van der Waals surface area contributed by atoms with E-state index in [1.807, 2.05) is 0 Å². The van der Waals surface area contributed by atoms with E-state index in [2.05, 4.69) is 9.97 Å². The van der Waals surface area contributed by atoms with Gasteiger partial charge in [-0.2, -0.15) is 4.31 Å². The number of ether oxygens (including phenoxy) is 1. The Bertz CT molecular complexity index is 766. The summed E-state index contributed by atoms with van der Waals surface area (Å²) in [6, 6.07) is 3.07. The molecule has 0 unspecified atom stereocenters. The number of hydrogen-bond acceptors (Lipinski definition) is 6. The molecule has 0 aromatic carbocycles. The molecule has 3 rings (SSSR count). The summed E-state index contributed by atoms with van der Waals surface area (Å²) in [5.41, 5.74) is 0. The molecule has 0 saturated carbocycles. The first-order valence-corrected chi connectivity index (χ1v) is 8.98. The first kappa shape index (κ1) is 15.6. The molecule has 1 atom stereocenters. The van der Waals surface area contributed by atoms with Crippen LogP contribution >= 0.6 is 22.9 Å². The van der Waals surface area contributed by atoms with Crippen LogP contribution in [-0.4, -0.2) is 41.9 Å². The fourth-order valence-corrected chi connectivity index (χ4v) is 5.21. The Morgan fingerprint density at radius 1 is 1.36 bits per heavy atom. The first-order valence-electron chi connectivity index (χ1n) is 6.35. The number of hydrogen-bond donors (Lipinski definition) is 0. The molecule has 0 N–H and O–H groups in total. The second-order valence-electron chi connectivity index (χ2n) is 4.63. The zero-order valence-corrected chi connectivity index (χ0v) is 13.5. The van der Waals surface area contributed by atoms with E-state index in [1.54, 1.807) is 6.07 Å². The number of rotatable bonds is 4. The normalized spacial score (nSPS) is 19.5. The Labute approximate surface area is 135 Å². The van der Waals surface area contributed by atoms with E-state index in [9.17, 15) is 12.8 Å². The van der Waals surface area contributed by atoms with E-state index in [-0.39, 0.29) is 22.9 Å². The lowest BCUT2D eigenvalue weighted by molar-refractivity contribution is 0.197. The molecular weight excluding hydrogens is 353 g/mol. The minimum atomic E-state index is -3.56. The second kappa shape index (κ2) is 6.07. The lowest BCUT2D eigenvalue weighted by Crippen LogP contribution is -2.30. The molecule has 1 saturated heterocycles. The number of sulfonamides is 1. The summed E-state index contributed by atoms with van der Waals surface area (Å²) in [6.45, 7) is 0.530. The maximum atomic E-state index is 12.7. The Balaban J connectivity index is 1.68. The zero-order valence-electron chi connectivity index (χ0n) is 11.1. The first-order chi connectivity index (χ1) is 10.4. The molecule has 10 heteroatoms. The highest BCUT2D eigenvalue weighted by Gasteiger charge is 2.34. The summed E-state index contributed by atoms with van der Waals surface area (Å²) in [7, 11) is -3.56. The Morgan fingerprint density at radius 3 is 2.73 bits per heavy atom. The number of nitrogens with zero attached hydrogens (tertiary/aromatic N) is 3. The fraction of sp³-hybridized carbons (Fsp3) is 0.333. The lowest BCUT2D eigenvalue weighted by atomic mass is 10.3. The van der Waals surface area contributed by atoms with Gasteiger partial charge in [-0.3, -0.25) is 0 Å². The van der Waals surface area contributed by atoms with Gasteiger partial charge in [0.15, 0.2) is 5.82 Å². The lowest BCUT2D eigenvalue weighted by Gasteiger charge is -2.15. The van der Waals surface area contributed by atoms with Crippen LogP contribution in [0.2, 0.25) is 4.34 Å². The quantitative estimate of drug-likeness (QED) is 0.832. The minimum Gasteiger partial charge on any atom is -0.459 e. The molecule has 6 nitrogen and oxygen atoms in total. The van der Waals surface area contributed by atoms with Crippen molar-refractivity contribution in [2.24, 2.45) is 0 Å². The highest BCUT2D eigenvalue weighted by Crippen LogP contribution is 2.30. The summed E-state index contributed by atoms with van der Waals surface area (Å²) >= 11 is 6.80. The third kappa shape index (κ3) is 3.22. The van der Waals surface area contributed by atoms with Crippen LogP contribution in [0.3, 0.4) is 0 Å². The van der Waals surface area contributed by atoms with E-state index in [0.717, 1.165) is 23.7 Å². The van der Waals surface area contributed by atoms with Crippen LogP contribution < -0.4 is 4.74 Å². The fourth-order valence-electron chi connectivity index (χ4n) is 2.09. The Kier molecular flexibility index (Phi) is 4.31. The third-order valence-electron chi connectivity index (χ3n) is 3.12. The smallest absolute Gasteiger partial charge is 0.316 e. The average molecular weight is 364 g/mol. The van der Waals surface area contributed by atoms with Crippen LogP contribution in [0.25, 0.3) is 0 Å². The average Bonchev–Trinajstić information content (AvgIpc) is 3.11. The van der Waals surface area contributed by atoms with Crippen molar-refractivity contribution in [2.75, 3.05) is 13.1 Å². The molecule has 1 fully saturated rings. The van der Waals surface area contributed by atoms with Crippen LogP contribution in [-0.2, 0) is 10.0 Å². The predicted octanol–water partition coefficient (Wildman–Crippen LogP) is 2.17. The van der Waals surface area contributed by atoms with Gasteiger partial charge in [-0.1, -0.05) is 11.6 Å². The number of thiophene rings is 1. The highest BCUT2D eigenvalue weighted by atomic mass is 35.5. The van der Waals surface area contributed by atoms with Crippen molar-refractivity contribution >= 4 is 33.0 Å². The topological polar surface area (TPSA) is 72.4 Å². The van der Waals surface area contributed by atoms with Crippen LogP contribution in [0, 0.1) is 5.82 Å². The van der Waals surface area contributed by atoms with Crippen molar-refractivity contribution in [3.63, 3.8) is 0 Å². The van der Waals surface area contributed by atoms with Gasteiger partial charge in [0.1, 0.15) is 10.3 Å². The molecule has 22 heavy (non-hydrogen) atoms. The van der Waals surface area contributed by atoms with Gasteiger partial charge in [0.2, 0.25) is 0 Å². The van der Waals surface area contributed by atoms with Crippen molar-refractivity contribution < 1.29 is 17.5 Å². The van der Waals surface area contributed by atoms with Crippen LogP contribution in [0.15, 0.2) is 28.7 Å². The molecule has 0 aliphatic carbocycles. The van der Waals surface area contributed by atoms with Gasteiger partial charge in [0.25, 0.3) is 10.0 Å². The molecule has 1 aliphatic heterocycles. The maximum Gasteiger partial charge on any atom is 0.316 e. The van der Waals surface area contributed by atoms with Gasteiger partial charge in [-0.15, -0.1) is 11.3 Å². The van der Waals surface area contributed by atoms with Crippen LogP contribution in [0.5, 0.6) is 6.01 Å². The summed E-state index contributed by atoms with van der Waals surface area (Å²) in [5.74, 6) is -0.558. The van der Waals surface area contributed by atoms with Crippen LogP contribution in [0.4, 0.5) is 4.39 Å². The van der Waals surface area contributed by atoms with Crippen molar-refractivity contribution in [2.45, 2.75) is 16.7 Å². The zero-order chi connectivity index (χ0) is 15.7. The largest absolute Gasteiger partial charge is 0.459 e.